The molecule has 0 aliphatic heterocycles. The maximum Gasteiger partial charge on any atom is 0.144 e. The van der Waals surface area contributed by atoms with Crippen molar-refractivity contribution in [1.82, 2.24) is 9.97 Å². The SMILES string of the molecule is CCCc1[nH]c(C2CCc3ccccc3C2)nc(=S)c1Br. The Morgan fingerprint density at radius 2 is 2.10 bits per heavy atom. The number of hydrogen-bond acceptors (Lipinski definition) is 2. The first kappa shape index (κ1) is 14.9. The summed E-state index contributed by atoms with van der Waals surface area (Å²) in [5.74, 6) is 1.51. The molecule has 0 saturated heterocycles. The monoisotopic (exact) mass is 362 g/mol. The van der Waals surface area contributed by atoms with E-state index in [1.807, 2.05) is 0 Å². The second-order valence-corrected chi connectivity index (χ2v) is 6.86. The largest absolute Gasteiger partial charge is 0.346 e. The standard InChI is InChI=1S/C17H19BrN2S/c1-2-5-14-15(18)17(21)20-16(19-14)13-9-8-11-6-3-4-7-12(11)10-13/h3-4,6-7,13H,2,5,8-10H2,1H3,(H,19,20,21). The van der Waals surface area contributed by atoms with E-state index in [0.29, 0.717) is 10.6 Å². The number of benzene rings is 1. The molecule has 1 N–H and O–H groups in total. The predicted octanol–water partition coefficient (Wildman–Crippen LogP) is 5.13. The molecule has 3 rings (SSSR count). The Morgan fingerprint density at radius 3 is 2.86 bits per heavy atom. The number of nitrogens with zero attached hydrogens (tertiary/aromatic N) is 1. The molecule has 0 fully saturated rings. The van der Waals surface area contributed by atoms with E-state index >= 15 is 0 Å². The van der Waals surface area contributed by atoms with Crippen LogP contribution in [0.2, 0.25) is 0 Å². The molecular weight excluding hydrogens is 344 g/mol. The second-order valence-electron chi connectivity index (χ2n) is 5.68. The van der Waals surface area contributed by atoms with Gasteiger partial charge in [-0.15, -0.1) is 0 Å². The van der Waals surface area contributed by atoms with Gasteiger partial charge in [-0.3, -0.25) is 0 Å². The molecule has 0 bridgehead atoms. The minimum absolute atomic E-state index is 0.449. The van der Waals surface area contributed by atoms with Crippen LogP contribution in [0, 0.1) is 4.64 Å². The van der Waals surface area contributed by atoms with Gasteiger partial charge in [-0.1, -0.05) is 49.8 Å². The summed E-state index contributed by atoms with van der Waals surface area (Å²) in [5, 5.41) is 0. The van der Waals surface area contributed by atoms with E-state index in [-0.39, 0.29) is 0 Å². The van der Waals surface area contributed by atoms with Crippen molar-refractivity contribution in [2.45, 2.75) is 44.9 Å². The molecule has 1 heterocycles. The molecule has 1 aliphatic carbocycles. The lowest BCUT2D eigenvalue weighted by molar-refractivity contribution is 0.550. The molecule has 110 valence electrons. The highest BCUT2D eigenvalue weighted by Crippen LogP contribution is 2.32. The van der Waals surface area contributed by atoms with Gasteiger partial charge < -0.3 is 4.98 Å². The van der Waals surface area contributed by atoms with E-state index in [1.165, 1.54) is 16.8 Å². The number of aromatic amines is 1. The second kappa shape index (κ2) is 6.41. The van der Waals surface area contributed by atoms with Gasteiger partial charge in [0.05, 0.1) is 4.47 Å². The van der Waals surface area contributed by atoms with Crippen LogP contribution in [0.4, 0.5) is 0 Å². The summed E-state index contributed by atoms with van der Waals surface area (Å²) < 4.78 is 1.64. The van der Waals surface area contributed by atoms with E-state index in [1.54, 1.807) is 0 Å². The minimum atomic E-state index is 0.449. The van der Waals surface area contributed by atoms with E-state index in [0.717, 1.165) is 42.4 Å². The number of rotatable bonds is 3. The molecule has 0 saturated carbocycles. The summed E-state index contributed by atoms with van der Waals surface area (Å²) in [6, 6.07) is 8.73. The first-order valence-corrected chi connectivity index (χ1v) is 8.74. The van der Waals surface area contributed by atoms with Crippen molar-refractivity contribution in [3.05, 3.63) is 56.0 Å². The van der Waals surface area contributed by atoms with Crippen LogP contribution in [-0.4, -0.2) is 9.97 Å². The maximum absolute atomic E-state index is 5.41. The highest BCUT2D eigenvalue weighted by Gasteiger charge is 2.22. The van der Waals surface area contributed by atoms with E-state index < -0.39 is 0 Å². The molecule has 1 aromatic carbocycles. The van der Waals surface area contributed by atoms with Crippen molar-refractivity contribution in [1.29, 1.82) is 0 Å². The van der Waals surface area contributed by atoms with Crippen LogP contribution in [0.5, 0.6) is 0 Å². The number of aryl methyl sites for hydroxylation is 2. The third-order valence-corrected chi connectivity index (χ3v) is 5.60. The van der Waals surface area contributed by atoms with Crippen LogP contribution in [0.3, 0.4) is 0 Å². The Bertz CT molecular complexity index is 708. The number of fused-ring (bicyclic) bond motifs is 1. The van der Waals surface area contributed by atoms with Crippen molar-refractivity contribution >= 4 is 28.1 Å². The van der Waals surface area contributed by atoms with Gasteiger partial charge in [0.2, 0.25) is 0 Å². The molecule has 2 aromatic rings. The van der Waals surface area contributed by atoms with Crippen molar-refractivity contribution in [2.24, 2.45) is 0 Å². The Balaban J connectivity index is 1.93. The average Bonchev–Trinajstić information content (AvgIpc) is 2.51. The zero-order valence-electron chi connectivity index (χ0n) is 12.2. The molecule has 1 atom stereocenters. The van der Waals surface area contributed by atoms with Crippen molar-refractivity contribution < 1.29 is 0 Å². The smallest absolute Gasteiger partial charge is 0.144 e. The lowest BCUT2D eigenvalue weighted by Crippen LogP contribution is -2.16. The van der Waals surface area contributed by atoms with E-state index in [9.17, 15) is 0 Å². The van der Waals surface area contributed by atoms with Gasteiger partial charge in [0, 0.05) is 11.6 Å². The first-order chi connectivity index (χ1) is 10.2. The fraction of sp³-hybridized carbons (Fsp3) is 0.412. The minimum Gasteiger partial charge on any atom is -0.346 e. The molecule has 0 amide bonds. The summed E-state index contributed by atoms with van der Waals surface area (Å²) in [6.07, 6.45) is 5.43. The Labute approximate surface area is 139 Å². The predicted molar refractivity (Wildman–Crippen MR) is 92.3 cm³/mol. The summed E-state index contributed by atoms with van der Waals surface area (Å²) >= 11 is 8.98. The lowest BCUT2D eigenvalue weighted by Gasteiger charge is -2.24. The van der Waals surface area contributed by atoms with Crippen LogP contribution in [0.25, 0.3) is 0 Å². The van der Waals surface area contributed by atoms with Crippen LogP contribution in [-0.2, 0) is 19.3 Å². The fourth-order valence-electron chi connectivity index (χ4n) is 3.07. The van der Waals surface area contributed by atoms with Gasteiger partial charge in [-0.05, 0) is 52.7 Å². The highest BCUT2D eigenvalue weighted by molar-refractivity contribution is 9.10. The van der Waals surface area contributed by atoms with Gasteiger partial charge in [-0.25, -0.2) is 4.98 Å². The topological polar surface area (TPSA) is 28.7 Å². The van der Waals surface area contributed by atoms with Crippen LogP contribution >= 0.6 is 28.1 Å². The van der Waals surface area contributed by atoms with Crippen LogP contribution < -0.4 is 0 Å². The van der Waals surface area contributed by atoms with Crippen molar-refractivity contribution in [3.8, 4) is 0 Å². The Morgan fingerprint density at radius 1 is 1.33 bits per heavy atom. The number of hydrogen-bond donors (Lipinski definition) is 1. The number of halogens is 1. The van der Waals surface area contributed by atoms with E-state index in [2.05, 4.69) is 57.1 Å². The van der Waals surface area contributed by atoms with Gasteiger partial charge >= 0.3 is 0 Å². The van der Waals surface area contributed by atoms with Crippen molar-refractivity contribution in [3.63, 3.8) is 0 Å². The quantitative estimate of drug-likeness (QED) is 0.766. The fourth-order valence-corrected chi connectivity index (χ4v) is 3.68. The third kappa shape index (κ3) is 3.11. The number of nitrogens with one attached hydrogen (secondary N) is 1. The van der Waals surface area contributed by atoms with E-state index in [4.69, 9.17) is 12.2 Å². The summed E-state index contributed by atoms with van der Waals surface area (Å²) in [6.45, 7) is 2.18. The third-order valence-electron chi connectivity index (χ3n) is 4.19. The van der Waals surface area contributed by atoms with Gasteiger partial charge in [0.25, 0.3) is 0 Å². The summed E-state index contributed by atoms with van der Waals surface area (Å²) in [5.41, 5.74) is 4.12. The average molecular weight is 363 g/mol. The number of H-pyrrole nitrogens is 1. The zero-order valence-corrected chi connectivity index (χ0v) is 14.6. The van der Waals surface area contributed by atoms with Crippen LogP contribution in [0.15, 0.2) is 28.7 Å². The molecule has 4 heteroatoms. The lowest BCUT2D eigenvalue weighted by atomic mass is 9.83. The van der Waals surface area contributed by atoms with Gasteiger partial charge in [0.15, 0.2) is 0 Å². The number of aromatic nitrogens is 2. The normalized spacial score (nSPS) is 17.5. The molecule has 1 aromatic heterocycles. The molecule has 1 unspecified atom stereocenters. The van der Waals surface area contributed by atoms with Gasteiger partial charge in [-0.2, -0.15) is 0 Å². The van der Waals surface area contributed by atoms with Gasteiger partial charge in [0.1, 0.15) is 10.5 Å². The van der Waals surface area contributed by atoms with Crippen molar-refractivity contribution in [2.75, 3.05) is 0 Å². The highest BCUT2D eigenvalue weighted by atomic mass is 79.9. The molecular formula is C17H19BrN2S. The molecule has 21 heavy (non-hydrogen) atoms. The molecule has 2 nitrogen and oxygen atoms in total. The zero-order chi connectivity index (χ0) is 14.8. The summed E-state index contributed by atoms with van der Waals surface area (Å²) in [7, 11) is 0. The maximum atomic E-state index is 5.41. The molecule has 1 aliphatic rings. The Kier molecular flexibility index (Phi) is 4.55. The summed E-state index contributed by atoms with van der Waals surface area (Å²) in [4.78, 5) is 8.15. The molecule has 0 spiro atoms. The first-order valence-electron chi connectivity index (χ1n) is 7.54. The van der Waals surface area contributed by atoms with Crippen LogP contribution in [0.1, 0.15) is 48.3 Å². The Hall–Kier alpha value is -1.00. The molecule has 0 radical (unpaired) electrons.